The summed E-state index contributed by atoms with van der Waals surface area (Å²) in [7, 11) is 0. The summed E-state index contributed by atoms with van der Waals surface area (Å²) < 4.78 is 85.7. The van der Waals surface area contributed by atoms with E-state index in [0.717, 1.165) is 18.4 Å². The number of carbonyl (C=O) groups is 1. The monoisotopic (exact) mass is 514 g/mol. The highest BCUT2D eigenvalue weighted by Crippen LogP contribution is 2.51. The zero-order valence-corrected chi connectivity index (χ0v) is 19.8. The van der Waals surface area contributed by atoms with E-state index >= 15 is 0 Å². The average molecular weight is 515 g/mol. The van der Waals surface area contributed by atoms with Crippen LogP contribution in [0.15, 0.2) is 48.5 Å². The fourth-order valence-corrected chi connectivity index (χ4v) is 5.32. The molecule has 196 valence electrons. The maximum absolute atomic E-state index is 13.3. The first kappa shape index (κ1) is 26.5. The van der Waals surface area contributed by atoms with E-state index in [2.05, 4.69) is 0 Å². The summed E-state index contributed by atoms with van der Waals surface area (Å²) in [6, 6.07) is 10.6. The van der Waals surface area contributed by atoms with Crippen LogP contribution in [0.3, 0.4) is 0 Å². The highest BCUT2D eigenvalue weighted by Gasteiger charge is 2.58. The Morgan fingerprint density at radius 2 is 1.50 bits per heavy atom. The molecule has 0 spiro atoms. The lowest BCUT2D eigenvalue weighted by atomic mass is 9.54. The molecule has 4 rings (SSSR count). The fraction of sp³-hybridized carbons (Fsp3) is 0.500. The van der Waals surface area contributed by atoms with Crippen molar-refractivity contribution in [3.05, 3.63) is 70.8 Å². The minimum Gasteiger partial charge on any atom is -0.373 e. The summed E-state index contributed by atoms with van der Waals surface area (Å²) >= 11 is 0. The molecule has 1 saturated heterocycles. The highest BCUT2D eigenvalue weighted by molar-refractivity contribution is 5.88. The van der Waals surface area contributed by atoms with Crippen LogP contribution in [0.1, 0.15) is 61.0 Å². The van der Waals surface area contributed by atoms with Crippen molar-refractivity contribution in [3.63, 3.8) is 0 Å². The third-order valence-corrected chi connectivity index (χ3v) is 7.20. The summed E-state index contributed by atoms with van der Waals surface area (Å²) in [5.74, 6) is -0.132. The lowest BCUT2D eigenvalue weighted by molar-refractivity contribution is -0.144. The number of carbonyl (C=O) groups excluding carboxylic acids is 1. The highest BCUT2D eigenvalue weighted by atomic mass is 19.4. The Bertz CT molecular complexity index is 1060. The maximum Gasteiger partial charge on any atom is 0.416 e. The summed E-state index contributed by atoms with van der Waals surface area (Å²) in [5.41, 5.74) is 2.57. The van der Waals surface area contributed by atoms with Gasteiger partial charge >= 0.3 is 12.4 Å². The third-order valence-electron chi connectivity index (χ3n) is 7.20. The van der Waals surface area contributed by atoms with Crippen LogP contribution >= 0.6 is 0 Å². The molecule has 0 bridgehead atoms. The Morgan fingerprint density at radius 1 is 0.972 bits per heavy atom. The molecule has 1 unspecified atom stereocenters. The van der Waals surface area contributed by atoms with E-state index in [4.69, 9.17) is 10.5 Å². The fourth-order valence-electron chi connectivity index (χ4n) is 5.32. The van der Waals surface area contributed by atoms with Crippen LogP contribution in [0.5, 0.6) is 0 Å². The molecule has 2 aliphatic rings. The van der Waals surface area contributed by atoms with Gasteiger partial charge in [0.15, 0.2) is 0 Å². The SMILES string of the molecule is CC(OCC1(c2ccccc2)CC(N)(C(=O)N2CCCC2)C1)c1cc(C(F)(F)F)cc(C(F)(F)F)c1. The van der Waals surface area contributed by atoms with Crippen LogP contribution in [0, 0.1) is 0 Å². The van der Waals surface area contributed by atoms with E-state index in [-0.39, 0.29) is 37.0 Å². The summed E-state index contributed by atoms with van der Waals surface area (Å²) in [4.78, 5) is 14.8. The molecule has 4 nitrogen and oxygen atoms in total. The third kappa shape index (κ3) is 5.25. The predicted molar refractivity (Wildman–Crippen MR) is 121 cm³/mol. The Balaban J connectivity index is 1.57. The topological polar surface area (TPSA) is 55.6 Å². The number of amides is 1. The number of benzene rings is 2. The first-order chi connectivity index (χ1) is 16.7. The van der Waals surface area contributed by atoms with Gasteiger partial charge in [0.05, 0.1) is 29.4 Å². The maximum atomic E-state index is 13.3. The second kappa shape index (κ2) is 9.37. The molecule has 36 heavy (non-hydrogen) atoms. The van der Waals surface area contributed by atoms with E-state index in [9.17, 15) is 31.1 Å². The number of hydrogen-bond donors (Lipinski definition) is 1. The van der Waals surface area contributed by atoms with E-state index < -0.39 is 40.5 Å². The van der Waals surface area contributed by atoms with E-state index in [1.54, 1.807) is 4.90 Å². The van der Waals surface area contributed by atoms with Crippen molar-refractivity contribution < 1.29 is 35.9 Å². The van der Waals surface area contributed by atoms with Gasteiger partial charge < -0.3 is 15.4 Å². The minimum atomic E-state index is -4.94. The molecule has 2 aromatic carbocycles. The second-order valence-corrected chi connectivity index (χ2v) is 9.95. The van der Waals surface area contributed by atoms with Crippen LogP contribution in [0.25, 0.3) is 0 Å². The Hall–Kier alpha value is -2.59. The van der Waals surface area contributed by atoms with Crippen LogP contribution in [-0.2, 0) is 27.3 Å². The van der Waals surface area contributed by atoms with Crippen molar-refractivity contribution >= 4 is 5.91 Å². The lowest BCUT2D eigenvalue weighted by Gasteiger charge is -2.54. The summed E-state index contributed by atoms with van der Waals surface area (Å²) in [6.07, 6.45) is -8.57. The largest absolute Gasteiger partial charge is 0.416 e. The van der Waals surface area contributed by atoms with Gasteiger partial charge in [-0.3, -0.25) is 4.79 Å². The van der Waals surface area contributed by atoms with Crippen molar-refractivity contribution in [2.24, 2.45) is 5.73 Å². The number of rotatable bonds is 6. The summed E-state index contributed by atoms with van der Waals surface area (Å²) in [6.45, 7) is 2.71. The van der Waals surface area contributed by atoms with Gasteiger partial charge in [-0.25, -0.2) is 0 Å². The first-order valence-electron chi connectivity index (χ1n) is 11.8. The number of likely N-dealkylation sites (tertiary alicyclic amines) is 1. The average Bonchev–Trinajstić information content (AvgIpc) is 3.34. The van der Waals surface area contributed by atoms with Crippen LogP contribution in [-0.4, -0.2) is 36.0 Å². The molecule has 1 aliphatic carbocycles. The van der Waals surface area contributed by atoms with Crippen molar-refractivity contribution in [2.45, 2.75) is 62.0 Å². The smallest absolute Gasteiger partial charge is 0.373 e. The quantitative estimate of drug-likeness (QED) is 0.492. The number of alkyl halides is 6. The van der Waals surface area contributed by atoms with Crippen LogP contribution < -0.4 is 5.73 Å². The number of ether oxygens (including phenoxy) is 1. The van der Waals surface area contributed by atoms with Crippen LogP contribution in [0.4, 0.5) is 26.3 Å². The van der Waals surface area contributed by atoms with Crippen molar-refractivity contribution in [1.82, 2.24) is 4.90 Å². The zero-order chi connectivity index (χ0) is 26.4. The standard InChI is InChI=1S/C26H28F6N2O2/c1-17(18-11-20(25(27,28)29)13-21(12-18)26(30,31)32)36-16-23(19-7-3-2-4-8-19)14-24(33,15-23)22(35)34-9-5-6-10-34/h2-4,7-8,11-13,17H,5-6,9-10,14-16,33H2,1H3. The van der Waals surface area contributed by atoms with Gasteiger partial charge in [0.1, 0.15) is 0 Å². The molecule has 1 aliphatic heterocycles. The van der Waals surface area contributed by atoms with Gasteiger partial charge in [-0.2, -0.15) is 26.3 Å². The molecule has 10 heteroatoms. The molecule has 1 atom stereocenters. The summed E-state index contributed by atoms with van der Waals surface area (Å²) in [5, 5.41) is 0. The molecular weight excluding hydrogens is 486 g/mol. The molecule has 0 aromatic heterocycles. The first-order valence-corrected chi connectivity index (χ1v) is 11.8. The molecule has 2 N–H and O–H groups in total. The normalized spacial score (nSPS) is 25.5. The molecule has 1 amide bonds. The van der Waals surface area contributed by atoms with Crippen LogP contribution in [0.2, 0.25) is 0 Å². The number of hydrogen-bond acceptors (Lipinski definition) is 3. The van der Waals surface area contributed by atoms with E-state index in [0.29, 0.717) is 25.2 Å². The van der Waals surface area contributed by atoms with Gasteiger partial charge in [-0.1, -0.05) is 30.3 Å². The Kier molecular flexibility index (Phi) is 6.89. The molecule has 2 fully saturated rings. The molecular formula is C26H28F6N2O2. The number of halogens is 6. The molecule has 0 radical (unpaired) electrons. The Labute approximate surface area is 205 Å². The predicted octanol–water partition coefficient (Wildman–Crippen LogP) is 5.85. The van der Waals surface area contributed by atoms with Crippen molar-refractivity contribution in [1.29, 1.82) is 0 Å². The van der Waals surface area contributed by atoms with Gasteiger partial charge in [-0.05, 0) is 61.9 Å². The van der Waals surface area contributed by atoms with Gasteiger partial charge in [0.25, 0.3) is 0 Å². The zero-order valence-electron chi connectivity index (χ0n) is 19.8. The number of nitrogens with two attached hydrogens (primary N) is 1. The van der Waals surface area contributed by atoms with Gasteiger partial charge in [0.2, 0.25) is 5.91 Å². The Morgan fingerprint density at radius 3 is 2.00 bits per heavy atom. The lowest BCUT2D eigenvalue weighted by Crippen LogP contribution is -2.69. The molecule has 1 saturated carbocycles. The van der Waals surface area contributed by atoms with E-state index in [1.165, 1.54) is 6.92 Å². The molecule has 2 aromatic rings. The molecule has 1 heterocycles. The van der Waals surface area contributed by atoms with E-state index in [1.807, 2.05) is 30.3 Å². The van der Waals surface area contributed by atoms with Crippen molar-refractivity contribution in [3.8, 4) is 0 Å². The van der Waals surface area contributed by atoms with Gasteiger partial charge in [0, 0.05) is 18.5 Å². The van der Waals surface area contributed by atoms with Crippen molar-refractivity contribution in [2.75, 3.05) is 19.7 Å². The number of nitrogens with zero attached hydrogens (tertiary/aromatic N) is 1. The second-order valence-electron chi connectivity index (χ2n) is 9.95. The minimum absolute atomic E-state index is 0.0119. The van der Waals surface area contributed by atoms with Gasteiger partial charge in [-0.15, -0.1) is 0 Å².